The normalized spacial score (nSPS) is 10.3. The first-order valence-electron chi connectivity index (χ1n) is 4.83. The molecule has 2 N–H and O–H groups in total. The molecular formula is C12H11ClN2S. The van der Waals surface area contributed by atoms with E-state index in [4.69, 9.17) is 17.3 Å². The minimum atomic E-state index is 0.664. The topological polar surface area (TPSA) is 38.9 Å². The number of aromatic nitrogens is 1. The lowest BCUT2D eigenvalue weighted by molar-refractivity contribution is 1.13. The molecule has 2 nitrogen and oxygen atoms in total. The number of anilines is 1. The molecule has 0 amide bonds. The number of nitrogen functional groups attached to an aromatic ring is 1. The molecule has 16 heavy (non-hydrogen) atoms. The number of rotatable bonds is 3. The number of pyridine rings is 1. The minimum absolute atomic E-state index is 0.664. The molecule has 0 fully saturated rings. The summed E-state index contributed by atoms with van der Waals surface area (Å²) in [5.41, 5.74) is 7.64. The van der Waals surface area contributed by atoms with Crippen molar-refractivity contribution in [2.45, 2.75) is 10.8 Å². The molecule has 0 aliphatic carbocycles. The summed E-state index contributed by atoms with van der Waals surface area (Å²) in [5.74, 6) is 0.884. The Morgan fingerprint density at radius 3 is 2.50 bits per heavy atom. The summed E-state index contributed by atoms with van der Waals surface area (Å²) in [6, 6.07) is 11.6. The second-order valence-corrected chi connectivity index (χ2v) is 4.78. The number of halogens is 1. The fourth-order valence-corrected chi connectivity index (χ4v) is 2.13. The third kappa shape index (κ3) is 3.15. The molecular weight excluding hydrogens is 240 g/mol. The van der Waals surface area contributed by atoms with Gasteiger partial charge in [0.2, 0.25) is 0 Å². The van der Waals surface area contributed by atoms with E-state index in [1.807, 2.05) is 36.4 Å². The van der Waals surface area contributed by atoms with Gasteiger partial charge in [-0.3, -0.25) is 0 Å². The first kappa shape index (κ1) is 11.3. The van der Waals surface area contributed by atoms with Crippen LogP contribution in [-0.2, 0) is 5.75 Å². The Morgan fingerprint density at radius 1 is 1.12 bits per heavy atom. The second kappa shape index (κ2) is 5.23. The molecule has 0 spiro atoms. The highest BCUT2D eigenvalue weighted by molar-refractivity contribution is 7.98. The predicted molar refractivity (Wildman–Crippen MR) is 69.7 cm³/mol. The molecule has 2 rings (SSSR count). The second-order valence-electron chi connectivity index (χ2n) is 3.34. The van der Waals surface area contributed by atoms with Gasteiger partial charge >= 0.3 is 0 Å². The highest BCUT2D eigenvalue weighted by atomic mass is 35.5. The van der Waals surface area contributed by atoms with Gasteiger partial charge in [0.05, 0.1) is 10.0 Å². The summed E-state index contributed by atoms with van der Waals surface area (Å²) < 4.78 is 0. The van der Waals surface area contributed by atoms with Gasteiger partial charge in [-0.15, -0.1) is 11.8 Å². The number of nitrogens with zero attached hydrogens (tertiary/aromatic N) is 1. The van der Waals surface area contributed by atoms with Gasteiger partial charge in [0, 0.05) is 17.6 Å². The van der Waals surface area contributed by atoms with Gasteiger partial charge in [0.15, 0.2) is 0 Å². The first-order valence-corrected chi connectivity index (χ1v) is 6.19. The lowest BCUT2D eigenvalue weighted by Crippen LogP contribution is -1.86. The SMILES string of the molecule is Nc1ccc(CSc2ccc(Cl)cn2)cc1. The molecule has 1 heterocycles. The minimum Gasteiger partial charge on any atom is -0.399 e. The molecule has 0 saturated heterocycles. The van der Waals surface area contributed by atoms with Crippen LogP contribution < -0.4 is 5.73 Å². The Kier molecular flexibility index (Phi) is 3.70. The third-order valence-electron chi connectivity index (χ3n) is 2.07. The van der Waals surface area contributed by atoms with E-state index < -0.39 is 0 Å². The van der Waals surface area contributed by atoms with Crippen LogP contribution in [0.1, 0.15) is 5.56 Å². The van der Waals surface area contributed by atoms with Gasteiger partial charge in [-0.05, 0) is 29.8 Å². The van der Waals surface area contributed by atoms with Gasteiger partial charge < -0.3 is 5.73 Å². The highest BCUT2D eigenvalue weighted by Gasteiger charge is 1.97. The fourth-order valence-electron chi connectivity index (χ4n) is 1.22. The van der Waals surface area contributed by atoms with Crippen LogP contribution in [0.5, 0.6) is 0 Å². The molecule has 0 bridgehead atoms. The van der Waals surface area contributed by atoms with E-state index in [9.17, 15) is 0 Å². The Morgan fingerprint density at radius 2 is 1.88 bits per heavy atom. The van der Waals surface area contributed by atoms with Gasteiger partial charge in [-0.25, -0.2) is 4.98 Å². The summed E-state index contributed by atoms with van der Waals surface area (Å²) in [7, 11) is 0. The van der Waals surface area contributed by atoms with Crippen LogP contribution in [0, 0.1) is 0 Å². The maximum Gasteiger partial charge on any atom is 0.0964 e. The van der Waals surface area contributed by atoms with Gasteiger partial charge in [0.1, 0.15) is 0 Å². The quantitative estimate of drug-likeness (QED) is 0.668. The van der Waals surface area contributed by atoms with E-state index in [2.05, 4.69) is 4.98 Å². The number of hydrogen-bond donors (Lipinski definition) is 1. The van der Waals surface area contributed by atoms with Crippen molar-refractivity contribution in [3.05, 3.63) is 53.2 Å². The molecule has 0 radical (unpaired) electrons. The monoisotopic (exact) mass is 250 g/mol. The zero-order valence-electron chi connectivity index (χ0n) is 8.56. The summed E-state index contributed by atoms with van der Waals surface area (Å²) >= 11 is 7.44. The largest absolute Gasteiger partial charge is 0.399 e. The van der Waals surface area contributed by atoms with E-state index in [0.29, 0.717) is 5.02 Å². The van der Waals surface area contributed by atoms with Crippen molar-refractivity contribution in [3.8, 4) is 0 Å². The van der Waals surface area contributed by atoms with E-state index in [1.165, 1.54) is 5.56 Å². The molecule has 4 heteroatoms. The summed E-state index contributed by atoms with van der Waals surface area (Å²) in [6.45, 7) is 0. The van der Waals surface area contributed by atoms with Gasteiger partial charge in [-0.2, -0.15) is 0 Å². The zero-order valence-corrected chi connectivity index (χ0v) is 10.1. The van der Waals surface area contributed by atoms with Crippen LogP contribution in [0.3, 0.4) is 0 Å². The van der Waals surface area contributed by atoms with Crippen molar-refractivity contribution in [3.63, 3.8) is 0 Å². The Labute approximate surface area is 104 Å². The standard InChI is InChI=1S/C12H11ClN2S/c13-10-3-6-12(15-7-10)16-8-9-1-4-11(14)5-2-9/h1-7H,8,14H2. The average Bonchev–Trinajstić information content (AvgIpc) is 2.30. The maximum atomic E-state index is 5.76. The molecule has 2 aromatic rings. The van der Waals surface area contributed by atoms with Gasteiger partial charge in [-0.1, -0.05) is 23.7 Å². The predicted octanol–water partition coefficient (Wildman–Crippen LogP) is 3.61. The van der Waals surface area contributed by atoms with Crippen molar-refractivity contribution >= 4 is 29.1 Å². The van der Waals surface area contributed by atoms with Crippen molar-refractivity contribution in [2.75, 3.05) is 5.73 Å². The third-order valence-corrected chi connectivity index (χ3v) is 3.31. The van der Waals surface area contributed by atoms with Crippen LogP contribution in [0.4, 0.5) is 5.69 Å². The number of thioether (sulfide) groups is 1. The molecule has 1 aromatic carbocycles. The molecule has 0 aliphatic rings. The fraction of sp³-hybridized carbons (Fsp3) is 0.0833. The lowest BCUT2D eigenvalue weighted by atomic mass is 10.2. The van der Waals surface area contributed by atoms with Crippen LogP contribution in [0.2, 0.25) is 5.02 Å². The highest BCUT2D eigenvalue weighted by Crippen LogP contribution is 2.22. The molecule has 0 unspecified atom stereocenters. The smallest absolute Gasteiger partial charge is 0.0964 e. The summed E-state index contributed by atoms with van der Waals surface area (Å²) in [6.07, 6.45) is 1.66. The van der Waals surface area contributed by atoms with Crippen molar-refractivity contribution in [2.24, 2.45) is 0 Å². The maximum absolute atomic E-state index is 5.76. The molecule has 0 saturated carbocycles. The van der Waals surface area contributed by atoms with E-state index in [-0.39, 0.29) is 0 Å². The molecule has 1 aromatic heterocycles. The van der Waals surface area contributed by atoms with Crippen LogP contribution in [0.15, 0.2) is 47.6 Å². The Balaban J connectivity index is 1.97. The number of nitrogens with two attached hydrogens (primary N) is 1. The van der Waals surface area contributed by atoms with Crippen LogP contribution in [-0.4, -0.2) is 4.98 Å². The van der Waals surface area contributed by atoms with Crippen molar-refractivity contribution in [1.29, 1.82) is 0 Å². The van der Waals surface area contributed by atoms with Gasteiger partial charge in [0.25, 0.3) is 0 Å². The van der Waals surface area contributed by atoms with Crippen LogP contribution in [0.25, 0.3) is 0 Å². The van der Waals surface area contributed by atoms with E-state index in [0.717, 1.165) is 16.5 Å². The summed E-state index contributed by atoms with van der Waals surface area (Å²) in [5, 5.41) is 1.64. The van der Waals surface area contributed by atoms with Crippen molar-refractivity contribution in [1.82, 2.24) is 4.98 Å². The lowest BCUT2D eigenvalue weighted by Gasteiger charge is -2.01. The summed E-state index contributed by atoms with van der Waals surface area (Å²) in [4.78, 5) is 4.22. The van der Waals surface area contributed by atoms with Crippen molar-refractivity contribution < 1.29 is 0 Å². The van der Waals surface area contributed by atoms with E-state index >= 15 is 0 Å². The molecule has 0 aliphatic heterocycles. The zero-order chi connectivity index (χ0) is 11.4. The first-order chi connectivity index (χ1) is 7.74. The Bertz CT molecular complexity index is 408. The van der Waals surface area contributed by atoms with Crippen LogP contribution >= 0.6 is 23.4 Å². The van der Waals surface area contributed by atoms with E-state index in [1.54, 1.807) is 18.0 Å². The molecule has 0 atom stereocenters. The average molecular weight is 251 g/mol. The number of hydrogen-bond acceptors (Lipinski definition) is 3. The number of benzene rings is 1. The Hall–Kier alpha value is -1.19. The molecule has 82 valence electrons.